The van der Waals surface area contributed by atoms with Crippen LogP contribution in [-0.2, 0) is 6.54 Å². The van der Waals surface area contributed by atoms with E-state index in [4.69, 9.17) is 4.74 Å². The van der Waals surface area contributed by atoms with Gasteiger partial charge >= 0.3 is 0 Å². The summed E-state index contributed by atoms with van der Waals surface area (Å²) in [5.41, 5.74) is 1.95. The Labute approximate surface area is 132 Å². The minimum absolute atomic E-state index is 0.179. The van der Waals surface area contributed by atoms with E-state index in [2.05, 4.69) is 15.5 Å². The summed E-state index contributed by atoms with van der Waals surface area (Å²) in [4.78, 5) is 13.2. The monoisotopic (exact) mass is 313 g/mol. The molecule has 5 nitrogen and oxygen atoms in total. The van der Waals surface area contributed by atoms with Gasteiger partial charge < -0.3 is 10.1 Å². The molecular weight excluding hydrogens is 298 g/mol. The number of nitrogens with zero attached hydrogens (tertiary/aromatic N) is 1. The number of hydrogen-bond donors (Lipinski definition) is 2. The summed E-state index contributed by atoms with van der Waals surface area (Å²) in [5.74, 6) is 0.543. The molecule has 3 rings (SSSR count). The van der Waals surface area contributed by atoms with Gasteiger partial charge in [-0.15, -0.1) is 11.3 Å². The van der Waals surface area contributed by atoms with Crippen LogP contribution in [0.5, 0.6) is 5.75 Å². The third kappa shape index (κ3) is 3.01. The van der Waals surface area contributed by atoms with Crippen LogP contribution in [0.4, 0.5) is 0 Å². The van der Waals surface area contributed by atoms with Gasteiger partial charge in [0.1, 0.15) is 11.4 Å². The number of aromatic nitrogens is 2. The van der Waals surface area contributed by atoms with Gasteiger partial charge in [-0.2, -0.15) is 5.10 Å². The van der Waals surface area contributed by atoms with Crippen LogP contribution >= 0.6 is 11.3 Å². The number of para-hydroxylation sites is 1. The van der Waals surface area contributed by atoms with Crippen molar-refractivity contribution < 1.29 is 9.53 Å². The van der Waals surface area contributed by atoms with Gasteiger partial charge in [-0.05, 0) is 29.6 Å². The van der Waals surface area contributed by atoms with Gasteiger partial charge in [-0.1, -0.05) is 18.2 Å². The minimum atomic E-state index is -0.179. The van der Waals surface area contributed by atoms with Crippen LogP contribution in [-0.4, -0.2) is 23.2 Å². The number of amides is 1. The summed E-state index contributed by atoms with van der Waals surface area (Å²) in [5, 5.41) is 11.8. The van der Waals surface area contributed by atoms with E-state index in [9.17, 15) is 4.79 Å². The first kappa shape index (κ1) is 14.3. The lowest BCUT2D eigenvalue weighted by Crippen LogP contribution is -2.22. The molecule has 2 heterocycles. The highest BCUT2D eigenvalue weighted by atomic mass is 32.1. The lowest BCUT2D eigenvalue weighted by molar-refractivity contribution is 0.0946. The van der Waals surface area contributed by atoms with E-state index < -0.39 is 0 Å². The van der Waals surface area contributed by atoms with Crippen LogP contribution in [0.2, 0.25) is 0 Å². The minimum Gasteiger partial charge on any atom is -0.496 e. The Morgan fingerprint density at radius 1 is 1.32 bits per heavy atom. The molecule has 1 amide bonds. The zero-order valence-electron chi connectivity index (χ0n) is 12.0. The summed E-state index contributed by atoms with van der Waals surface area (Å²) in [7, 11) is 1.61. The van der Waals surface area contributed by atoms with Crippen molar-refractivity contribution in [2.24, 2.45) is 0 Å². The summed E-state index contributed by atoms with van der Waals surface area (Å²) < 4.78 is 5.31. The maximum atomic E-state index is 12.1. The average molecular weight is 313 g/mol. The highest BCUT2D eigenvalue weighted by Crippen LogP contribution is 2.28. The highest BCUT2D eigenvalue weighted by Gasteiger charge is 2.13. The van der Waals surface area contributed by atoms with Crippen LogP contribution in [0.1, 0.15) is 15.4 Å². The first-order chi connectivity index (χ1) is 10.8. The molecule has 2 N–H and O–H groups in total. The molecule has 0 spiro atoms. The second-order valence-electron chi connectivity index (χ2n) is 4.63. The number of aromatic amines is 1. The first-order valence-corrected chi connectivity index (χ1v) is 7.65. The summed E-state index contributed by atoms with van der Waals surface area (Å²) >= 11 is 1.61. The van der Waals surface area contributed by atoms with Gasteiger partial charge in [-0.3, -0.25) is 9.89 Å². The maximum absolute atomic E-state index is 12.1. The Balaban J connectivity index is 1.74. The van der Waals surface area contributed by atoms with Crippen molar-refractivity contribution in [1.29, 1.82) is 0 Å². The summed E-state index contributed by atoms with van der Waals surface area (Å²) in [6.45, 7) is 0.513. The lowest BCUT2D eigenvalue weighted by Gasteiger charge is -2.04. The highest BCUT2D eigenvalue weighted by molar-refractivity contribution is 7.09. The number of thiophene rings is 1. The smallest absolute Gasteiger partial charge is 0.269 e. The molecule has 22 heavy (non-hydrogen) atoms. The molecule has 1 aromatic carbocycles. The number of methoxy groups -OCH3 is 1. The number of hydrogen-bond acceptors (Lipinski definition) is 4. The largest absolute Gasteiger partial charge is 0.496 e. The number of rotatable bonds is 5. The molecule has 2 aromatic heterocycles. The first-order valence-electron chi connectivity index (χ1n) is 6.77. The SMILES string of the molecule is COc1ccccc1-c1cc(C(=O)NCc2cccs2)[nH]n1. The molecule has 6 heteroatoms. The number of benzene rings is 1. The van der Waals surface area contributed by atoms with Crippen LogP contribution in [0.15, 0.2) is 47.8 Å². The molecule has 0 bridgehead atoms. The third-order valence-electron chi connectivity index (χ3n) is 3.21. The summed E-state index contributed by atoms with van der Waals surface area (Å²) in [6, 6.07) is 13.2. The van der Waals surface area contributed by atoms with Crippen molar-refractivity contribution in [2.45, 2.75) is 6.54 Å². The van der Waals surface area contributed by atoms with E-state index in [1.54, 1.807) is 24.5 Å². The van der Waals surface area contributed by atoms with Crippen LogP contribution < -0.4 is 10.1 Å². The Kier molecular flexibility index (Phi) is 4.20. The Morgan fingerprint density at radius 2 is 2.18 bits per heavy atom. The third-order valence-corrected chi connectivity index (χ3v) is 4.09. The molecular formula is C16H15N3O2S. The molecule has 0 aliphatic carbocycles. The van der Waals surface area contributed by atoms with Gasteiger partial charge in [-0.25, -0.2) is 0 Å². The molecule has 0 unspecified atom stereocenters. The van der Waals surface area contributed by atoms with Crippen molar-refractivity contribution >= 4 is 17.2 Å². The standard InChI is InChI=1S/C16H15N3O2S/c1-21-15-7-3-2-6-12(15)13-9-14(19-18-13)16(20)17-10-11-5-4-8-22-11/h2-9H,10H2,1H3,(H,17,20)(H,18,19). The van der Waals surface area contributed by atoms with E-state index >= 15 is 0 Å². The van der Waals surface area contributed by atoms with Crippen LogP contribution in [0, 0.1) is 0 Å². The van der Waals surface area contributed by atoms with Gasteiger partial charge in [0.05, 0.1) is 19.3 Å². The van der Waals surface area contributed by atoms with Crippen molar-refractivity contribution in [3.63, 3.8) is 0 Å². The topological polar surface area (TPSA) is 67.0 Å². The quantitative estimate of drug-likeness (QED) is 0.760. The average Bonchev–Trinajstić information content (AvgIpc) is 3.24. The summed E-state index contributed by atoms with van der Waals surface area (Å²) in [6.07, 6.45) is 0. The Morgan fingerprint density at radius 3 is 2.95 bits per heavy atom. The number of carbonyl (C=O) groups is 1. The molecule has 0 fully saturated rings. The number of H-pyrrole nitrogens is 1. The molecule has 0 saturated heterocycles. The number of nitrogens with one attached hydrogen (secondary N) is 2. The van der Waals surface area contributed by atoms with E-state index in [0.29, 0.717) is 17.9 Å². The van der Waals surface area contributed by atoms with E-state index in [-0.39, 0.29) is 5.91 Å². The Bertz CT molecular complexity index is 765. The predicted molar refractivity (Wildman–Crippen MR) is 86.1 cm³/mol. The fourth-order valence-electron chi connectivity index (χ4n) is 2.11. The second-order valence-corrected chi connectivity index (χ2v) is 5.66. The second kappa shape index (κ2) is 6.44. The molecule has 0 saturated carbocycles. The van der Waals surface area contributed by atoms with E-state index in [1.165, 1.54) is 0 Å². The van der Waals surface area contributed by atoms with Gasteiger partial charge in [0.2, 0.25) is 0 Å². The van der Waals surface area contributed by atoms with Gasteiger partial charge in [0.15, 0.2) is 0 Å². The van der Waals surface area contributed by atoms with Gasteiger partial charge in [0.25, 0.3) is 5.91 Å². The lowest BCUT2D eigenvalue weighted by atomic mass is 10.1. The van der Waals surface area contributed by atoms with E-state index in [0.717, 1.165) is 16.2 Å². The van der Waals surface area contributed by atoms with Crippen molar-refractivity contribution in [3.8, 4) is 17.0 Å². The van der Waals surface area contributed by atoms with Gasteiger partial charge in [0, 0.05) is 10.4 Å². The predicted octanol–water partition coefficient (Wildman–Crippen LogP) is 3.08. The normalized spacial score (nSPS) is 10.4. The zero-order chi connectivity index (χ0) is 15.4. The van der Waals surface area contributed by atoms with E-state index in [1.807, 2.05) is 41.8 Å². The molecule has 0 aliphatic heterocycles. The molecule has 0 atom stereocenters. The fraction of sp³-hybridized carbons (Fsp3) is 0.125. The molecule has 3 aromatic rings. The number of carbonyl (C=O) groups excluding carboxylic acids is 1. The van der Waals surface area contributed by atoms with Crippen LogP contribution in [0.3, 0.4) is 0 Å². The zero-order valence-corrected chi connectivity index (χ0v) is 12.8. The fourth-order valence-corrected chi connectivity index (χ4v) is 2.75. The van der Waals surface area contributed by atoms with Crippen molar-refractivity contribution in [3.05, 3.63) is 58.4 Å². The molecule has 0 aliphatic rings. The van der Waals surface area contributed by atoms with Crippen LogP contribution in [0.25, 0.3) is 11.3 Å². The number of ether oxygens (including phenoxy) is 1. The van der Waals surface area contributed by atoms with Crippen molar-refractivity contribution in [2.75, 3.05) is 7.11 Å². The van der Waals surface area contributed by atoms with Crippen molar-refractivity contribution in [1.82, 2.24) is 15.5 Å². The molecule has 0 radical (unpaired) electrons. The Hall–Kier alpha value is -2.60. The molecule has 112 valence electrons. The maximum Gasteiger partial charge on any atom is 0.269 e.